The van der Waals surface area contributed by atoms with Crippen molar-refractivity contribution in [2.75, 3.05) is 0 Å². The molecule has 4 fully saturated rings. The molecule has 0 heterocycles. The summed E-state index contributed by atoms with van der Waals surface area (Å²) in [7, 11) is 0. The third-order valence-corrected chi connectivity index (χ3v) is 6.55. The molecular weight excluding hydrogens is 372 g/mol. The second-order valence-electron chi connectivity index (χ2n) is 9.01. The minimum absolute atomic E-state index is 0.0336. The zero-order valence-electron chi connectivity index (χ0n) is 16.5. The van der Waals surface area contributed by atoms with E-state index in [1.165, 1.54) is 43.5 Å². The number of hydrazone groups is 1. The fourth-order valence-corrected chi connectivity index (χ4v) is 5.82. The largest absolute Gasteiger partial charge is 0.350 e. The Morgan fingerprint density at radius 2 is 1.66 bits per heavy atom. The zero-order valence-corrected chi connectivity index (χ0v) is 16.5. The van der Waals surface area contributed by atoms with E-state index in [1.54, 1.807) is 6.92 Å². The van der Waals surface area contributed by atoms with Crippen LogP contribution in [0.15, 0.2) is 29.4 Å². The highest BCUT2D eigenvalue weighted by Crippen LogP contribution is 2.55. The first kappa shape index (κ1) is 19.5. The standard InChI is InChI=1S/C21H26N4O4/c1-13(23-24-20(27)17-2-4-18(5-3-17)25(28)29)6-19(26)22-21-10-14-7-15(11-21)9-16(8-14)12-21/h2-5,14-16H,6-12H2,1H3,(H,22,26)(H,24,27). The Kier molecular flexibility index (Phi) is 5.10. The van der Waals surface area contributed by atoms with E-state index >= 15 is 0 Å². The third-order valence-electron chi connectivity index (χ3n) is 6.55. The highest BCUT2D eigenvalue weighted by molar-refractivity contribution is 6.01. The summed E-state index contributed by atoms with van der Waals surface area (Å²) in [5.41, 5.74) is 3.08. The third kappa shape index (κ3) is 4.31. The first-order chi connectivity index (χ1) is 13.8. The van der Waals surface area contributed by atoms with Crippen molar-refractivity contribution in [3.05, 3.63) is 39.9 Å². The Morgan fingerprint density at radius 1 is 1.10 bits per heavy atom. The van der Waals surface area contributed by atoms with Gasteiger partial charge in [-0.25, -0.2) is 5.43 Å². The fraction of sp³-hybridized carbons (Fsp3) is 0.571. The van der Waals surface area contributed by atoms with E-state index in [0.717, 1.165) is 37.0 Å². The minimum Gasteiger partial charge on any atom is -0.350 e. The molecule has 4 aliphatic carbocycles. The lowest BCUT2D eigenvalue weighted by molar-refractivity contribution is -0.384. The van der Waals surface area contributed by atoms with Crippen LogP contribution in [0.5, 0.6) is 0 Å². The van der Waals surface area contributed by atoms with E-state index in [2.05, 4.69) is 15.8 Å². The van der Waals surface area contributed by atoms with Crippen molar-refractivity contribution >= 4 is 23.2 Å². The van der Waals surface area contributed by atoms with Gasteiger partial charge in [0.25, 0.3) is 11.6 Å². The van der Waals surface area contributed by atoms with Gasteiger partial charge in [-0.1, -0.05) is 0 Å². The van der Waals surface area contributed by atoms with Gasteiger partial charge in [-0.3, -0.25) is 19.7 Å². The average Bonchev–Trinajstić information content (AvgIpc) is 2.64. The van der Waals surface area contributed by atoms with Gasteiger partial charge in [0.1, 0.15) is 0 Å². The van der Waals surface area contributed by atoms with Crippen molar-refractivity contribution in [1.29, 1.82) is 0 Å². The maximum atomic E-state index is 12.6. The summed E-state index contributed by atoms with van der Waals surface area (Å²) in [6.07, 6.45) is 7.40. The Morgan fingerprint density at radius 3 is 2.17 bits per heavy atom. The second-order valence-corrected chi connectivity index (χ2v) is 9.01. The van der Waals surface area contributed by atoms with Crippen LogP contribution >= 0.6 is 0 Å². The molecule has 0 radical (unpaired) electrons. The molecule has 8 heteroatoms. The van der Waals surface area contributed by atoms with Crippen molar-refractivity contribution in [2.45, 2.75) is 57.4 Å². The highest BCUT2D eigenvalue weighted by Gasteiger charge is 2.51. The zero-order chi connectivity index (χ0) is 20.6. The van der Waals surface area contributed by atoms with Gasteiger partial charge in [0.05, 0.1) is 11.3 Å². The van der Waals surface area contributed by atoms with Gasteiger partial charge in [0, 0.05) is 28.9 Å². The summed E-state index contributed by atoms with van der Waals surface area (Å²) in [6.45, 7) is 1.70. The van der Waals surface area contributed by atoms with Crippen LogP contribution < -0.4 is 10.7 Å². The minimum atomic E-state index is -0.521. The molecule has 4 saturated carbocycles. The summed E-state index contributed by atoms with van der Waals surface area (Å²) >= 11 is 0. The van der Waals surface area contributed by atoms with Crippen molar-refractivity contribution in [3.8, 4) is 0 Å². The molecule has 0 atom stereocenters. The normalized spacial score (nSPS) is 30.1. The topological polar surface area (TPSA) is 114 Å². The van der Waals surface area contributed by atoms with Crippen LogP contribution in [0.25, 0.3) is 0 Å². The summed E-state index contributed by atoms with van der Waals surface area (Å²) in [5.74, 6) is 1.77. The monoisotopic (exact) mass is 398 g/mol. The van der Waals surface area contributed by atoms with E-state index < -0.39 is 10.8 Å². The molecule has 8 nitrogen and oxygen atoms in total. The Bertz CT molecular complexity index is 827. The van der Waals surface area contributed by atoms with Crippen molar-refractivity contribution in [2.24, 2.45) is 22.9 Å². The second kappa shape index (κ2) is 7.57. The van der Waals surface area contributed by atoms with E-state index in [9.17, 15) is 19.7 Å². The van der Waals surface area contributed by atoms with Crippen LogP contribution in [0.2, 0.25) is 0 Å². The molecule has 5 rings (SSSR count). The van der Waals surface area contributed by atoms with Crippen LogP contribution in [-0.2, 0) is 4.79 Å². The molecule has 0 unspecified atom stereocenters. The lowest BCUT2D eigenvalue weighted by atomic mass is 9.53. The molecule has 0 spiro atoms. The van der Waals surface area contributed by atoms with Crippen LogP contribution in [-0.4, -0.2) is 28.0 Å². The Hall–Kier alpha value is -2.77. The number of hydrogen-bond acceptors (Lipinski definition) is 5. The number of hydrogen-bond donors (Lipinski definition) is 2. The van der Waals surface area contributed by atoms with E-state index in [1.807, 2.05) is 0 Å². The van der Waals surface area contributed by atoms with E-state index in [0.29, 0.717) is 5.71 Å². The number of amides is 2. The molecule has 1 aromatic carbocycles. The molecular formula is C21H26N4O4. The first-order valence-corrected chi connectivity index (χ1v) is 10.2. The molecule has 154 valence electrons. The SMILES string of the molecule is CC(CC(=O)NC12CC3CC(CC(C3)C1)C2)=NNC(=O)c1ccc([N+](=O)[O-])cc1. The van der Waals surface area contributed by atoms with Crippen LogP contribution in [0.4, 0.5) is 5.69 Å². The summed E-state index contributed by atoms with van der Waals surface area (Å²) in [4.78, 5) is 34.9. The van der Waals surface area contributed by atoms with Crippen LogP contribution in [0.1, 0.15) is 62.2 Å². The number of nitro benzene ring substituents is 1. The molecule has 2 amide bonds. The Labute approximate surface area is 169 Å². The van der Waals surface area contributed by atoms with E-state index in [4.69, 9.17) is 0 Å². The highest BCUT2D eigenvalue weighted by atomic mass is 16.6. The summed E-state index contributed by atoms with van der Waals surface area (Å²) in [6, 6.07) is 5.28. The maximum Gasteiger partial charge on any atom is 0.271 e. The first-order valence-electron chi connectivity index (χ1n) is 10.2. The molecule has 0 aliphatic heterocycles. The number of nitro groups is 1. The van der Waals surface area contributed by atoms with Gasteiger partial charge in [-0.05, 0) is 75.3 Å². The van der Waals surface area contributed by atoms with Crippen molar-refractivity contribution in [3.63, 3.8) is 0 Å². The predicted molar refractivity (Wildman–Crippen MR) is 107 cm³/mol. The number of carbonyl (C=O) groups is 2. The van der Waals surface area contributed by atoms with Crippen LogP contribution in [0.3, 0.4) is 0 Å². The van der Waals surface area contributed by atoms with E-state index in [-0.39, 0.29) is 29.1 Å². The molecule has 4 aliphatic rings. The lowest BCUT2D eigenvalue weighted by Gasteiger charge is -2.56. The Balaban J connectivity index is 1.30. The number of nitrogens with zero attached hydrogens (tertiary/aromatic N) is 2. The number of non-ortho nitro benzene ring substituents is 1. The molecule has 0 aromatic heterocycles. The average molecular weight is 398 g/mol. The van der Waals surface area contributed by atoms with Gasteiger partial charge in [-0.2, -0.15) is 5.10 Å². The van der Waals surface area contributed by atoms with Crippen LogP contribution in [0, 0.1) is 27.9 Å². The lowest BCUT2D eigenvalue weighted by Crippen LogP contribution is -2.60. The van der Waals surface area contributed by atoms with Gasteiger partial charge in [0.15, 0.2) is 0 Å². The van der Waals surface area contributed by atoms with Crippen molar-refractivity contribution in [1.82, 2.24) is 10.7 Å². The fourth-order valence-electron chi connectivity index (χ4n) is 5.82. The smallest absolute Gasteiger partial charge is 0.271 e. The molecule has 1 aromatic rings. The quantitative estimate of drug-likeness (QED) is 0.435. The van der Waals surface area contributed by atoms with Gasteiger partial charge in [-0.15, -0.1) is 0 Å². The van der Waals surface area contributed by atoms with Crippen molar-refractivity contribution < 1.29 is 14.5 Å². The molecule has 29 heavy (non-hydrogen) atoms. The predicted octanol–water partition coefficient (Wildman–Crippen LogP) is 3.18. The van der Waals surface area contributed by atoms with Gasteiger partial charge < -0.3 is 5.32 Å². The number of benzene rings is 1. The van der Waals surface area contributed by atoms with Gasteiger partial charge in [0.2, 0.25) is 5.91 Å². The molecule has 4 bridgehead atoms. The maximum absolute atomic E-state index is 12.6. The number of carbonyl (C=O) groups excluding carboxylic acids is 2. The number of rotatable bonds is 6. The molecule has 0 saturated heterocycles. The van der Waals surface area contributed by atoms with Gasteiger partial charge >= 0.3 is 0 Å². The summed E-state index contributed by atoms with van der Waals surface area (Å²) < 4.78 is 0. The summed E-state index contributed by atoms with van der Waals surface area (Å²) in [5, 5.41) is 18.0. The number of nitrogens with one attached hydrogen (secondary N) is 2. The molecule has 2 N–H and O–H groups in total.